The van der Waals surface area contributed by atoms with Crippen LogP contribution >= 0.6 is 0 Å². The molecule has 0 aromatic carbocycles. The van der Waals surface area contributed by atoms with Crippen molar-refractivity contribution >= 4 is 5.91 Å². The molecule has 0 aromatic rings. The smallest absolute Gasteiger partial charge is 0.222 e. The van der Waals surface area contributed by atoms with Gasteiger partial charge in [-0.2, -0.15) is 0 Å². The molecule has 86 valence electrons. The third-order valence-corrected chi connectivity index (χ3v) is 3.71. The van der Waals surface area contributed by atoms with Crippen molar-refractivity contribution in [2.75, 3.05) is 13.1 Å². The van der Waals surface area contributed by atoms with E-state index in [1.807, 2.05) is 0 Å². The molecule has 15 heavy (non-hydrogen) atoms. The normalized spacial score (nSPS) is 33.3. The van der Waals surface area contributed by atoms with Crippen LogP contribution < -0.4 is 0 Å². The standard InChI is InChI=1S/C12H22N2O/c1-9-7-13-10(5-6-11(13)15)8-14(9)12(2,3)4/h9-10H,5-8H2,1-4H3/t9-,10?/m0/s1. The number of carbonyl (C=O) groups excluding carboxylic acids is 1. The Morgan fingerprint density at radius 1 is 1.27 bits per heavy atom. The molecule has 1 unspecified atom stereocenters. The fourth-order valence-corrected chi connectivity index (χ4v) is 2.96. The number of piperazine rings is 1. The third kappa shape index (κ3) is 1.89. The van der Waals surface area contributed by atoms with Gasteiger partial charge < -0.3 is 4.90 Å². The van der Waals surface area contributed by atoms with Crippen LogP contribution in [0.3, 0.4) is 0 Å². The highest BCUT2D eigenvalue weighted by molar-refractivity contribution is 5.79. The minimum Gasteiger partial charge on any atom is -0.337 e. The lowest BCUT2D eigenvalue weighted by Crippen LogP contribution is -2.61. The molecular formula is C12H22N2O. The molecule has 2 saturated heterocycles. The van der Waals surface area contributed by atoms with Crippen molar-refractivity contribution in [1.82, 2.24) is 9.80 Å². The van der Waals surface area contributed by atoms with Gasteiger partial charge in [0.05, 0.1) is 0 Å². The Morgan fingerprint density at radius 3 is 2.53 bits per heavy atom. The van der Waals surface area contributed by atoms with Crippen molar-refractivity contribution in [2.24, 2.45) is 0 Å². The molecule has 2 fully saturated rings. The van der Waals surface area contributed by atoms with Crippen LogP contribution in [0.1, 0.15) is 40.5 Å². The largest absolute Gasteiger partial charge is 0.337 e. The van der Waals surface area contributed by atoms with E-state index in [1.165, 1.54) is 0 Å². The molecule has 0 saturated carbocycles. The summed E-state index contributed by atoms with van der Waals surface area (Å²) in [6.45, 7) is 11.0. The molecule has 0 bridgehead atoms. The molecular weight excluding hydrogens is 188 g/mol. The van der Waals surface area contributed by atoms with Gasteiger partial charge in [0.1, 0.15) is 0 Å². The monoisotopic (exact) mass is 210 g/mol. The first kappa shape index (κ1) is 10.9. The summed E-state index contributed by atoms with van der Waals surface area (Å²) in [5.74, 6) is 0.361. The van der Waals surface area contributed by atoms with Crippen molar-refractivity contribution < 1.29 is 4.79 Å². The molecule has 2 rings (SSSR count). The Labute approximate surface area is 92.4 Å². The van der Waals surface area contributed by atoms with Gasteiger partial charge in [0.15, 0.2) is 0 Å². The summed E-state index contributed by atoms with van der Waals surface area (Å²) in [4.78, 5) is 16.2. The fourth-order valence-electron chi connectivity index (χ4n) is 2.96. The summed E-state index contributed by atoms with van der Waals surface area (Å²) >= 11 is 0. The maximum atomic E-state index is 11.6. The Bertz CT molecular complexity index is 269. The van der Waals surface area contributed by atoms with E-state index in [9.17, 15) is 4.79 Å². The van der Waals surface area contributed by atoms with Gasteiger partial charge in [-0.25, -0.2) is 0 Å². The van der Waals surface area contributed by atoms with Crippen LogP contribution in [-0.2, 0) is 4.79 Å². The molecule has 0 aliphatic carbocycles. The summed E-state index contributed by atoms with van der Waals surface area (Å²) in [6.07, 6.45) is 1.81. The quantitative estimate of drug-likeness (QED) is 0.604. The number of hydrogen-bond acceptors (Lipinski definition) is 2. The van der Waals surface area contributed by atoms with Crippen molar-refractivity contribution in [3.63, 3.8) is 0 Å². The lowest BCUT2D eigenvalue weighted by Gasteiger charge is -2.48. The molecule has 2 atom stereocenters. The first-order valence-corrected chi connectivity index (χ1v) is 5.96. The highest BCUT2D eigenvalue weighted by atomic mass is 16.2. The number of rotatable bonds is 0. The predicted molar refractivity (Wildman–Crippen MR) is 60.7 cm³/mol. The Kier molecular flexibility index (Phi) is 2.53. The van der Waals surface area contributed by atoms with Gasteiger partial charge >= 0.3 is 0 Å². The average Bonchev–Trinajstić information content (AvgIpc) is 2.45. The molecule has 3 nitrogen and oxygen atoms in total. The molecule has 0 spiro atoms. The molecule has 1 amide bonds. The minimum atomic E-state index is 0.219. The molecule has 3 heteroatoms. The lowest BCUT2D eigenvalue weighted by molar-refractivity contribution is -0.133. The van der Waals surface area contributed by atoms with E-state index in [0.717, 1.165) is 25.9 Å². The second-order valence-electron chi connectivity index (χ2n) is 5.91. The van der Waals surface area contributed by atoms with Crippen molar-refractivity contribution in [2.45, 2.75) is 58.2 Å². The Hall–Kier alpha value is -0.570. The lowest BCUT2D eigenvalue weighted by atomic mass is 9.98. The van der Waals surface area contributed by atoms with Crippen molar-refractivity contribution in [1.29, 1.82) is 0 Å². The molecule has 2 aliphatic heterocycles. The first-order valence-electron chi connectivity index (χ1n) is 5.96. The van der Waals surface area contributed by atoms with E-state index in [-0.39, 0.29) is 5.54 Å². The van der Waals surface area contributed by atoms with E-state index in [0.29, 0.717) is 18.0 Å². The van der Waals surface area contributed by atoms with Gasteiger partial charge in [0.2, 0.25) is 5.91 Å². The zero-order valence-corrected chi connectivity index (χ0v) is 10.3. The van der Waals surface area contributed by atoms with Crippen LogP contribution in [0.15, 0.2) is 0 Å². The third-order valence-electron chi connectivity index (χ3n) is 3.71. The first-order chi connectivity index (χ1) is 6.89. The van der Waals surface area contributed by atoms with E-state index < -0.39 is 0 Å². The molecule has 0 N–H and O–H groups in total. The number of fused-ring (bicyclic) bond motifs is 1. The summed E-state index contributed by atoms with van der Waals surface area (Å²) in [7, 11) is 0. The molecule has 0 aromatic heterocycles. The number of nitrogens with zero attached hydrogens (tertiary/aromatic N) is 2. The summed E-state index contributed by atoms with van der Waals surface area (Å²) in [5, 5.41) is 0. The van der Waals surface area contributed by atoms with Crippen LogP contribution in [0, 0.1) is 0 Å². The molecule has 0 radical (unpaired) electrons. The number of carbonyl (C=O) groups is 1. The van der Waals surface area contributed by atoms with Gasteiger partial charge in [-0.05, 0) is 34.1 Å². The van der Waals surface area contributed by atoms with E-state index in [4.69, 9.17) is 0 Å². The second-order valence-corrected chi connectivity index (χ2v) is 5.91. The number of hydrogen-bond donors (Lipinski definition) is 0. The second kappa shape index (κ2) is 3.48. The maximum Gasteiger partial charge on any atom is 0.222 e. The summed E-state index contributed by atoms with van der Waals surface area (Å²) < 4.78 is 0. The van der Waals surface area contributed by atoms with Gasteiger partial charge in [-0.1, -0.05) is 0 Å². The van der Waals surface area contributed by atoms with Crippen LogP contribution in [0.4, 0.5) is 0 Å². The zero-order chi connectivity index (χ0) is 11.2. The van der Waals surface area contributed by atoms with Crippen LogP contribution in [0.5, 0.6) is 0 Å². The minimum absolute atomic E-state index is 0.219. The van der Waals surface area contributed by atoms with Gasteiger partial charge in [-0.15, -0.1) is 0 Å². The Morgan fingerprint density at radius 2 is 1.93 bits per heavy atom. The van der Waals surface area contributed by atoms with Crippen LogP contribution in [0.2, 0.25) is 0 Å². The summed E-state index contributed by atoms with van der Waals surface area (Å²) in [6, 6.07) is 0.969. The maximum absolute atomic E-state index is 11.6. The fraction of sp³-hybridized carbons (Fsp3) is 0.917. The topological polar surface area (TPSA) is 23.6 Å². The molecule has 2 aliphatic rings. The van der Waals surface area contributed by atoms with E-state index in [1.54, 1.807) is 0 Å². The average molecular weight is 210 g/mol. The Balaban J connectivity index is 2.12. The molecule has 2 heterocycles. The van der Waals surface area contributed by atoms with Gasteiger partial charge in [0, 0.05) is 37.1 Å². The highest BCUT2D eigenvalue weighted by Crippen LogP contribution is 2.29. The van der Waals surface area contributed by atoms with Crippen LogP contribution in [-0.4, -0.2) is 46.4 Å². The van der Waals surface area contributed by atoms with Crippen LogP contribution in [0.25, 0.3) is 0 Å². The predicted octanol–water partition coefficient (Wildman–Crippen LogP) is 1.48. The van der Waals surface area contributed by atoms with Gasteiger partial charge in [-0.3, -0.25) is 9.69 Å². The van der Waals surface area contributed by atoms with Crippen molar-refractivity contribution in [3.05, 3.63) is 0 Å². The van der Waals surface area contributed by atoms with E-state index >= 15 is 0 Å². The highest BCUT2D eigenvalue weighted by Gasteiger charge is 2.41. The SMILES string of the molecule is C[C@H]1CN2C(=O)CCC2CN1C(C)(C)C. The zero-order valence-electron chi connectivity index (χ0n) is 10.3. The summed E-state index contributed by atoms with van der Waals surface area (Å²) in [5.41, 5.74) is 0.219. The van der Waals surface area contributed by atoms with Crippen molar-refractivity contribution in [3.8, 4) is 0 Å². The van der Waals surface area contributed by atoms with E-state index in [2.05, 4.69) is 37.5 Å². The number of amides is 1. The van der Waals surface area contributed by atoms with Gasteiger partial charge in [0.25, 0.3) is 0 Å².